The van der Waals surface area contributed by atoms with E-state index in [0.717, 1.165) is 67.1 Å². The van der Waals surface area contributed by atoms with Crippen molar-refractivity contribution < 1.29 is 14.3 Å². The minimum atomic E-state index is -0.799. The first-order valence-electron chi connectivity index (χ1n) is 9.55. The number of nitrogens with one attached hydrogen (secondary N) is 1. The van der Waals surface area contributed by atoms with Crippen LogP contribution in [-0.2, 0) is 22.4 Å². The zero-order valence-electron chi connectivity index (χ0n) is 15.1. The summed E-state index contributed by atoms with van der Waals surface area (Å²) in [6.45, 7) is 1.64. The Morgan fingerprint density at radius 1 is 1.15 bits per heavy atom. The topological polar surface area (TPSA) is 68.3 Å². The van der Waals surface area contributed by atoms with Crippen LogP contribution in [0.5, 0.6) is 0 Å². The minimum Gasteiger partial charge on any atom is -0.449 e. The summed E-state index contributed by atoms with van der Waals surface area (Å²) >= 11 is 0. The Hall–Kier alpha value is -2.43. The standard InChI is InChI=1S/C21H24N2O3/c1-13(20(24)22-14-7-2-3-8-14)26-21(25)19-15-9-4-5-11-17(15)23-18-12-6-10-16(18)19/h4-5,9,11,13-14H,2-3,6-8,10,12H2,1H3,(H,22,24)/t13-/m0/s1. The van der Waals surface area contributed by atoms with Gasteiger partial charge in [0, 0.05) is 17.1 Å². The summed E-state index contributed by atoms with van der Waals surface area (Å²) in [6.07, 6.45) is 6.23. The first-order valence-corrected chi connectivity index (χ1v) is 9.55. The number of ether oxygens (including phenoxy) is 1. The maximum atomic E-state index is 12.9. The van der Waals surface area contributed by atoms with Crippen molar-refractivity contribution in [1.82, 2.24) is 10.3 Å². The van der Waals surface area contributed by atoms with Crippen molar-refractivity contribution in [3.8, 4) is 0 Å². The van der Waals surface area contributed by atoms with Gasteiger partial charge in [0.1, 0.15) is 0 Å². The average molecular weight is 352 g/mol. The molecular formula is C21H24N2O3. The second kappa shape index (κ2) is 7.06. The van der Waals surface area contributed by atoms with E-state index in [-0.39, 0.29) is 11.9 Å². The van der Waals surface area contributed by atoms with E-state index in [9.17, 15) is 9.59 Å². The second-order valence-corrected chi connectivity index (χ2v) is 7.32. The van der Waals surface area contributed by atoms with Gasteiger partial charge < -0.3 is 10.1 Å². The Labute approximate surface area is 153 Å². The van der Waals surface area contributed by atoms with Crippen LogP contribution in [0.2, 0.25) is 0 Å². The molecule has 5 nitrogen and oxygen atoms in total. The number of hydrogen-bond donors (Lipinski definition) is 1. The van der Waals surface area contributed by atoms with E-state index >= 15 is 0 Å². The van der Waals surface area contributed by atoms with Gasteiger partial charge in [0.15, 0.2) is 6.10 Å². The number of benzene rings is 1. The number of pyridine rings is 1. The number of para-hydroxylation sites is 1. The highest BCUT2D eigenvalue weighted by atomic mass is 16.5. The van der Waals surface area contributed by atoms with Crippen LogP contribution in [0.1, 0.15) is 60.6 Å². The van der Waals surface area contributed by atoms with Gasteiger partial charge in [-0.05, 0) is 50.7 Å². The molecular weight excluding hydrogens is 328 g/mol. The number of carbonyl (C=O) groups excluding carboxylic acids is 2. The van der Waals surface area contributed by atoms with Crippen LogP contribution < -0.4 is 5.32 Å². The summed E-state index contributed by atoms with van der Waals surface area (Å²) in [5.41, 5.74) is 3.36. The zero-order chi connectivity index (χ0) is 18.1. The molecule has 1 saturated carbocycles. The molecule has 0 radical (unpaired) electrons. The molecule has 0 bridgehead atoms. The Bertz CT molecular complexity index is 856. The molecule has 1 aromatic carbocycles. The van der Waals surface area contributed by atoms with Crippen molar-refractivity contribution >= 4 is 22.8 Å². The van der Waals surface area contributed by atoms with Crippen LogP contribution in [0.25, 0.3) is 10.9 Å². The smallest absolute Gasteiger partial charge is 0.339 e. The van der Waals surface area contributed by atoms with Crippen LogP contribution >= 0.6 is 0 Å². The van der Waals surface area contributed by atoms with Gasteiger partial charge in [-0.15, -0.1) is 0 Å². The molecule has 2 aromatic rings. The fourth-order valence-electron chi connectivity index (χ4n) is 4.11. The number of amides is 1. The van der Waals surface area contributed by atoms with E-state index in [1.165, 1.54) is 0 Å². The van der Waals surface area contributed by atoms with Crippen molar-refractivity contribution in [2.24, 2.45) is 0 Å². The highest BCUT2D eigenvalue weighted by Gasteiger charge is 2.28. The van der Waals surface area contributed by atoms with E-state index in [4.69, 9.17) is 9.72 Å². The lowest BCUT2D eigenvalue weighted by molar-refractivity contribution is -0.129. The third-order valence-electron chi connectivity index (χ3n) is 5.48. The third-order valence-corrected chi connectivity index (χ3v) is 5.48. The molecule has 136 valence electrons. The van der Waals surface area contributed by atoms with Gasteiger partial charge in [-0.3, -0.25) is 9.78 Å². The molecule has 2 aliphatic carbocycles. The first-order chi connectivity index (χ1) is 12.6. The van der Waals surface area contributed by atoms with Crippen molar-refractivity contribution in [2.45, 2.75) is 64.0 Å². The molecule has 4 rings (SSSR count). The third kappa shape index (κ3) is 3.18. The van der Waals surface area contributed by atoms with Gasteiger partial charge in [-0.2, -0.15) is 0 Å². The van der Waals surface area contributed by atoms with Crippen molar-refractivity contribution in [3.63, 3.8) is 0 Å². The fraction of sp³-hybridized carbons (Fsp3) is 0.476. The van der Waals surface area contributed by atoms with Gasteiger partial charge in [0.25, 0.3) is 5.91 Å². The molecule has 0 aliphatic heterocycles. The van der Waals surface area contributed by atoms with Crippen LogP contribution in [-0.4, -0.2) is 29.0 Å². The van der Waals surface area contributed by atoms with Crippen LogP contribution in [0, 0.1) is 0 Å². The van der Waals surface area contributed by atoms with E-state index in [0.29, 0.717) is 5.56 Å². The summed E-state index contributed by atoms with van der Waals surface area (Å²) in [4.78, 5) is 30.0. The number of rotatable bonds is 4. The number of aryl methyl sites for hydroxylation is 1. The van der Waals surface area contributed by atoms with Gasteiger partial charge in [0.05, 0.1) is 11.1 Å². The average Bonchev–Trinajstić information content (AvgIpc) is 3.30. The number of hydrogen-bond acceptors (Lipinski definition) is 4. The Morgan fingerprint density at radius 3 is 2.73 bits per heavy atom. The molecule has 5 heteroatoms. The maximum absolute atomic E-state index is 12.9. The Kier molecular flexibility index (Phi) is 4.62. The normalized spacial score (nSPS) is 17.9. The van der Waals surface area contributed by atoms with E-state index in [1.54, 1.807) is 6.92 Å². The lowest BCUT2D eigenvalue weighted by atomic mass is 10.0. The molecule has 0 saturated heterocycles. The summed E-state index contributed by atoms with van der Waals surface area (Å²) in [5, 5.41) is 3.80. The molecule has 2 aliphatic rings. The zero-order valence-corrected chi connectivity index (χ0v) is 15.1. The molecule has 26 heavy (non-hydrogen) atoms. The number of fused-ring (bicyclic) bond motifs is 2. The van der Waals surface area contributed by atoms with Crippen LogP contribution in [0.3, 0.4) is 0 Å². The first kappa shape index (κ1) is 17.0. The Morgan fingerprint density at radius 2 is 1.92 bits per heavy atom. The van der Waals surface area contributed by atoms with Crippen molar-refractivity contribution in [2.75, 3.05) is 0 Å². The van der Waals surface area contributed by atoms with Crippen molar-refractivity contribution in [3.05, 3.63) is 41.1 Å². The molecule has 1 amide bonds. The number of nitrogens with zero attached hydrogens (tertiary/aromatic N) is 1. The summed E-state index contributed by atoms with van der Waals surface area (Å²) in [7, 11) is 0. The van der Waals surface area contributed by atoms with Gasteiger partial charge in [-0.1, -0.05) is 31.0 Å². The predicted octanol–water partition coefficient (Wildman–Crippen LogP) is 3.33. The summed E-state index contributed by atoms with van der Waals surface area (Å²) in [6, 6.07) is 7.86. The van der Waals surface area contributed by atoms with E-state index in [2.05, 4.69) is 5.32 Å². The van der Waals surface area contributed by atoms with Gasteiger partial charge >= 0.3 is 5.97 Å². The molecule has 0 unspecified atom stereocenters. The van der Waals surface area contributed by atoms with Gasteiger partial charge in [0.2, 0.25) is 0 Å². The largest absolute Gasteiger partial charge is 0.449 e. The highest BCUT2D eigenvalue weighted by molar-refractivity contribution is 6.06. The summed E-state index contributed by atoms with van der Waals surface area (Å²) < 4.78 is 5.56. The van der Waals surface area contributed by atoms with E-state index in [1.807, 2.05) is 24.3 Å². The SMILES string of the molecule is C[C@H](OC(=O)c1c2c(nc3ccccc13)CCC2)C(=O)NC1CCCC1. The number of aromatic nitrogens is 1. The highest BCUT2D eigenvalue weighted by Crippen LogP contribution is 2.30. The maximum Gasteiger partial charge on any atom is 0.339 e. The lowest BCUT2D eigenvalue weighted by Gasteiger charge is -2.18. The number of esters is 1. The Balaban J connectivity index is 1.57. The fourth-order valence-corrected chi connectivity index (χ4v) is 4.11. The molecule has 1 N–H and O–H groups in total. The lowest BCUT2D eigenvalue weighted by Crippen LogP contribution is -2.41. The van der Waals surface area contributed by atoms with Crippen LogP contribution in [0.15, 0.2) is 24.3 Å². The molecule has 1 atom stereocenters. The van der Waals surface area contributed by atoms with Crippen LogP contribution in [0.4, 0.5) is 0 Å². The predicted molar refractivity (Wildman–Crippen MR) is 99.0 cm³/mol. The van der Waals surface area contributed by atoms with E-state index < -0.39 is 12.1 Å². The quantitative estimate of drug-likeness (QED) is 0.857. The number of carbonyl (C=O) groups is 2. The molecule has 0 spiro atoms. The monoisotopic (exact) mass is 352 g/mol. The molecule has 1 heterocycles. The van der Waals surface area contributed by atoms with Crippen molar-refractivity contribution in [1.29, 1.82) is 0 Å². The summed E-state index contributed by atoms with van der Waals surface area (Å²) in [5.74, 6) is -0.629. The van der Waals surface area contributed by atoms with Gasteiger partial charge in [-0.25, -0.2) is 4.79 Å². The second-order valence-electron chi connectivity index (χ2n) is 7.32. The molecule has 1 fully saturated rings. The molecule has 1 aromatic heterocycles. The minimum absolute atomic E-state index is 0.208.